The first kappa shape index (κ1) is 22.3. The lowest BCUT2D eigenvalue weighted by Gasteiger charge is -2.29. The molecule has 0 radical (unpaired) electrons. The van der Waals surface area contributed by atoms with Gasteiger partial charge >= 0.3 is 6.03 Å². The summed E-state index contributed by atoms with van der Waals surface area (Å²) in [4.78, 5) is 13.3. The lowest BCUT2D eigenvalue weighted by atomic mass is 9.77. The number of rotatable bonds is 3. The number of amides is 2. The molecule has 7 heteroatoms. The van der Waals surface area contributed by atoms with Gasteiger partial charge in [0.2, 0.25) is 0 Å². The molecule has 3 aromatic rings. The lowest BCUT2D eigenvalue weighted by Crippen LogP contribution is -2.34. The van der Waals surface area contributed by atoms with Crippen LogP contribution in [0.25, 0.3) is 6.08 Å². The summed E-state index contributed by atoms with van der Waals surface area (Å²) in [6.45, 7) is 0. The van der Waals surface area contributed by atoms with E-state index in [1.54, 1.807) is 48.5 Å². The van der Waals surface area contributed by atoms with Crippen LogP contribution in [0, 0.1) is 17.6 Å². The molecule has 172 valence electrons. The minimum Gasteiger partial charge on any atom is -0.306 e. The number of carbonyl (C=O) groups excluding carboxylic acids is 1. The molecule has 3 aromatic carbocycles. The van der Waals surface area contributed by atoms with Crippen LogP contribution in [0.1, 0.15) is 36.4 Å². The van der Waals surface area contributed by atoms with Gasteiger partial charge in [0.05, 0.1) is 11.8 Å². The molecule has 1 fully saturated rings. The third kappa shape index (κ3) is 4.59. The first-order valence-electron chi connectivity index (χ1n) is 11.1. The van der Waals surface area contributed by atoms with Crippen LogP contribution in [0.4, 0.5) is 19.3 Å². The summed E-state index contributed by atoms with van der Waals surface area (Å²) in [6, 6.07) is 18.6. The Labute approximate surface area is 201 Å². The van der Waals surface area contributed by atoms with Gasteiger partial charge in [0.25, 0.3) is 0 Å². The molecule has 0 saturated heterocycles. The van der Waals surface area contributed by atoms with Gasteiger partial charge in [-0.3, -0.25) is 0 Å². The standard InChI is InChI=1S/C27H22ClF2N3O/c28-20-8-14-23(15-9-20)31-27(34)33-26(18-6-12-22(30)13-7-18)24-3-1-2-19(25(24)32-33)16-17-4-10-21(29)11-5-17/h4-16,24,26H,1-3H2,(H,31,34). The number of allylic oxidation sites excluding steroid dienone is 1. The highest BCUT2D eigenvalue weighted by Gasteiger charge is 2.43. The SMILES string of the molecule is O=C(Nc1ccc(Cl)cc1)N1N=C2C(=Cc3ccc(F)cc3)CCCC2C1c1ccc(F)cc1. The largest absolute Gasteiger partial charge is 0.342 e. The summed E-state index contributed by atoms with van der Waals surface area (Å²) < 4.78 is 27.0. The maximum atomic E-state index is 13.6. The van der Waals surface area contributed by atoms with Crippen molar-refractivity contribution in [2.75, 3.05) is 5.32 Å². The first-order valence-corrected chi connectivity index (χ1v) is 11.5. The number of halogens is 3. The summed E-state index contributed by atoms with van der Waals surface area (Å²) in [5.41, 5.74) is 4.17. The van der Waals surface area contributed by atoms with Crippen LogP contribution < -0.4 is 5.32 Å². The van der Waals surface area contributed by atoms with Crippen LogP contribution in [0.15, 0.2) is 83.5 Å². The van der Waals surface area contributed by atoms with Crippen molar-refractivity contribution in [3.63, 3.8) is 0 Å². The van der Waals surface area contributed by atoms with E-state index < -0.39 is 0 Å². The summed E-state index contributed by atoms with van der Waals surface area (Å²) in [5.74, 6) is -0.647. The number of nitrogens with one attached hydrogen (secondary N) is 1. The first-order chi connectivity index (χ1) is 16.5. The molecule has 34 heavy (non-hydrogen) atoms. The van der Waals surface area contributed by atoms with E-state index in [1.807, 2.05) is 6.08 Å². The molecular weight excluding hydrogens is 456 g/mol. The normalized spacial score (nSPS) is 20.7. The molecule has 0 aromatic heterocycles. The summed E-state index contributed by atoms with van der Waals surface area (Å²) >= 11 is 5.96. The third-order valence-corrected chi connectivity index (χ3v) is 6.48. The number of urea groups is 1. The Balaban J connectivity index is 1.51. The zero-order chi connectivity index (χ0) is 23.7. The molecule has 2 unspecified atom stereocenters. The molecule has 1 N–H and O–H groups in total. The fourth-order valence-corrected chi connectivity index (χ4v) is 4.76. The molecular formula is C27H22ClF2N3O. The van der Waals surface area contributed by atoms with Crippen LogP contribution in [0.2, 0.25) is 5.02 Å². The highest BCUT2D eigenvalue weighted by molar-refractivity contribution is 6.30. The molecule has 2 amide bonds. The predicted molar refractivity (Wildman–Crippen MR) is 131 cm³/mol. The minimum atomic E-state index is -0.375. The van der Waals surface area contributed by atoms with Gasteiger partial charge in [0.1, 0.15) is 11.6 Å². The fraction of sp³-hybridized carbons (Fsp3) is 0.185. The van der Waals surface area contributed by atoms with Crippen molar-refractivity contribution < 1.29 is 13.6 Å². The van der Waals surface area contributed by atoms with Crippen molar-refractivity contribution in [2.24, 2.45) is 11.0 Å². The molecule has 5 rings (SSSR count). The van der Waals surface area contributed by atoms with E-state index in [1.165, 1.54) is 29.3 Å². The number of anilines is 1. The maximum absolute atomic E-state index is 13.6. The van der Waals surface area contributed by atoms with Gasteiger partial charge in [0.15, 0.2) is 0 Å². The Hall–Kier alpha value is -3.51. The van der Waals surface area contributed by atoms with Crippen molar-refractivity contribution in [2.45, 2.75) is 25.3 Å². The quantitative estimate of drug-likeness (QED) is 0.418. The Morgan fingerprint density at radius 1 is 0.971 bits per heavy atom. The summed E-state index contributed by atoms with van der Waals surface area (Å²) in [6.07, 6.45) is 4.61. The van der Waals surface area contributed by atoms with E-state index in [-0.39, 0.29) is 29.6 Å². The van der Waals surface area contributed by atoms with E-state index in [2.05, 4.69) is 5.32 Å². The number of benzene rings is 3. The average Bonchev–Trinajstić information content (AvgIpc) is 3.23. The van der Waals surface area contributed by atoms with Crippen LogP contribution in [0.3, 0.4) is 0 Å². The smallest absolute Gasteiger partial charge is 0.306 e. The van der Waals surface area contributed by atoms with Gasteiger partial charge in [-0.05, 0) is 90.6 Å². The number of carbonyl (C=O) groups is 1. The van der Waals surface area contributed by atoms with Gasteiger partial charge in [0, 0.05) is 16.6 Å². The molecule has 2 aliphatic rings. The van der Waals surface area contributed by atoms with Gasteiger partial charge < -0.3 is 5.32 Å². The van der Waals surface area contributed by atoms with Crippen molar-refractivity contribution in [3.8, 4) is 0 Å². The van der Waals surface area contributed by atoms with Crippen LogP contribution in [-0.4, -0.2) is 16.8 Å². The van der Waals surface area contributed by atoms with E-state index in [0.29, 0.717) is 10.7 Å². The second-order valence-electron chi connectivity index (χ2n) is 8.48. The summed E-state index contributed by atoms with van der Waals surface area (Å²) in [5, 5.41) is 9.70. The van der Waals surface area contributed by atoms with E-state index in [4.69, 9.17) is 16.7 Å². The third-order valence-electron chi connectivity index (χ3n) is 6.23. The maximum Gasteiger partial charge on any atom is 0.342 e. The molecule has 0 spiro atoms. The number of nitrogens with zero attached hydrogens (tertiary/aromatic N) is 2. The van der Waals surface area contributed by atoms with Gasteiger partial charge in [-0.15, -0.1) is 0 Å². The molecule has 4 nitrogen and oxygen atoms in total. The Morgan fingerprint density at radius 3 is 2.29 bits per heavy atom. The number of hydrogen-bond donors (Lipinski definition) is 1. The van der Waals surface area contributed by atoms with E-state index in [9.17, 15) is 13.6 Å². The van der Waals surface area contributed by atoms with Crippen LogP contribution in [-0.2, 0) is 0 Å². The van der Waals surface area contributed by atoms with Crippen LogP contribution in [0.5, 0.6) is 0 Å². The second kappa shape index (κ2) is 9.39. The van der Waals surface area contributed by atoms with Crippen molar-refractivity contribution >= 4 is 35.1 Å². The zero-order valence-corrected chi connectivity index (χ0v) is 19.0. The van der Waals surface area contributed by atoms with Gasteiger partial charge in [-0.25, -0.2) is 18.6 Å². The molecule has 1 aliphatic carbocycles. The topological polar surface area (TPSA) is 44.7 Å². The average molecular weight is 478 g/mol. The monoisotopic (exact) mass is 477 g/mol. The second-order valence-corrected chi connectivity index (χ2v) is 8.92. The Morgan fingerprint density at radius 2 is 1.62 bits per heavy atom. The molecule has 1 aliphatic heterocycles. The van der Waals surface area contributed by atoms with Crippen molar-refractivity contribution in [3.05, 3.63) is 106 Å². The Kier molecular flexibility index (Phi) is 6.16. The Bertz CT molecular complexity index is 1250. The number of hydrogen-bond acceptors (Lipinski definition) is 2. The van der Waals surface area contributed by atoms with Gasteiger partial charge in [-0.1, -0.05) is 35.9 Å². The van der Waals surface area contributed by atoms with Crippen molar-refractivity contribution in [1.29, 1.82) is 0 Å². The van der Waals surface area contributed by atoms with Crippen molar-refractivity contribution in [1.82, 2.24) is 5.01 Å². The highest BCUT2D eigenvalue weighted by atomic mass is 35.5. The number of hydrazone groups is 1. The molecule has 0 bridgehead atoms. The van der Waals surface area contributed by atoms with E-state index >= 15 is 0 Å². The van der Waals surface area contributed by atoms with Gasteiger partial charge in [-0.2, -0.15) is 5.10 Å². The number of fused-ring (bicyclic) bond motifs is 1. The molecule has 1 saturated carbocycles. The highest BCUT2D eigenvalue weighted by Crippen LogP contribution is 2.44. The van der Waals surface area contributed by atoms with Crippen LogP contribution >= 0.6 is 11.6 Å². The fourth-order valence-electron chi connectivity index (χ4n) is 4.64. The minimum absolute atomic E-state index is 0.0260. The zero-order valence-electron chi connectivity index (χ0n) is 18.2. The molecule has 1 heterocycles. The summed E-state index contributed by atoms with van der Waals surface area (Å²) in [7, 11) is 0. The van der Waals surface area contributed by atoms with E-state index in [0.717, 1.165) is 41.7 Å². The molecule has 2 atom stereocenters. The predicted octanol–water partition coefficient (Wildman–Crippen LogP) is 7.45. The lowest BCUT2D eigenvalue weighted by molar-refractivity contribution is 0.188.